The number of aromatic amines is 1. The van der Waals surface area contributed by atoms with Gasteiger partial charge in [0.25, 0.3) is 11.5 Å². The first-order chi connectivity index (χ1) is 17.9. The van der Waals surface area contributed by atoms with Crippen LogP contribution in [0.1, 0.15) is 57.0 Å². The minimum atomic E-state index is -1.06. The third kappa shape index (κ3) is 3.65. The summed E-state index contributed by atoms with van der Waals surface area (Å²) >= 11 is 5.59. The van der Waals surface area contributed by atoms with E-state index in [9.17, 15) is 23.2 Å². The summed E-state index contributed by atoms with van der Waals surface area (Å²) in [7, 11) is 0. The molecular formula is C26H23F2N5O4S. The maximum atomic E-state index is 14.9. The van der Waals surface area contributed by atoms with Crippen molar-refractivity contribution in [2.45, 2.75) is 56.8 Å². The number of hydrogen-bond donors (Lipinski definition) is 2. The molecule has 1 aromatic heterocycles. The third-order valence-electron chi connectivity index (χ3n) is 7.00. The smallest absolute Gasteiger partial charge is 0.415 e. The van der Waals surface area contributed by atoms with Gasteiger partial charge in [-0.15, -0.1) is 0 Å². The molecular weight excluding hydrogens is 516 g/mol. The number of thiocarbonyl (C=S) groups is 1. The van der Waals surface area contributed by atoms with Crippen LogP contribution in [-0.4, -0.2) is 43.4 Å². The topological polar surface area (TPSA) is 108 Å². The molecule has 2 amide bonds. The predicted octanol–water partition coefficient (Wildman–Crippen LogP) is 3.99. The highest BCUT2D eigenvalue weighted by molar-refractivity contribution is 7.80. The van der Waals surface area contributed by atoms with Gasteiger partial charge >= 0.3 is 6.09 Å². The monoisotopic (exact) mass is 539 g/mol. The van der Waals surface area contributed by atoms with Crippen LogP contribution in [0.25, 0.3) is 10.8 Å². The van der Waals surface area contributed by atoms with Crippen LogP contribution in [0, 0.1) is 11.6 Å². The molecule has 2 aromatic carbocycles. The summed E-state index contributed by atoms with van der Waals surface area (Å²) in [6.07, 6.45) is 0.326. The fourth-order valence-electron chi connectivity index (χ4n) is 5.25. The number of halogens is 2. The van der Waals surface area contributed by atoms with Crippen LogP contribution in [0.15, 0.2) is 41.2 Å². The minimum absolute atomic E-state index is 0.0417. The number of nitrogens with one attached hydrogen (secondary N) is 2. The van der Waals surface area contributed by atoms with E-state index >= 15 is 0 Å². The Morgan fingerprint density at radius 1 is 1.11 bits per heavy atom. The van der Waals surface area contributed by atoms with Gasteiger partial charge < -0.3 is 10.1 Å². The molecule has 2 fully saturated rings. The van der Waals surface area contributed by atoms with E-state index in [4.69, 9.17) is 17.0 Å². The quantitative estimate of drug-likeness (QED) is 0.474. The number of amides is 2. The predicted molar refractivity (Wildman–Crippen MR) is 137 cm³/mol. The molecule has 9 nitrogen and oxygen atoms in total. The Balaban J connectivity index is 1.68. The van der Waals surface area contributed by atoms with Gasteiger partial charge in [0.15, 0.2) is 5.11 Å². The van der Waals surface area contributed by atoms with Crippen LogP contribution in [0.2, 0.25) is 0 Å². The zero-order valence-corrected chi connectivity index (χ0v) is 21.5. The lowest BCUT2D eigenvalue weighted by atomic mass is 9.86. The first-order valence-electron chi connectivity index (χ1n) is 12.1. The Hall–Kier alpha value is -3.93. The van der Waals surface area contributed by atoms with Crippen LogP contribution in [-0.2, 0) is 9.53 Å². The van der Waals surface area contributed by atoms with E-state index in [1.165, 1.54) is 34.1 Å². The van der Waals surface area contributed by atoms with Gasteiger partial charge in [0.2, 0.25) is 0 Å². The van der Waals surface area contributed by atoms with Gasteiger partial charge in [0, 0.05) is 5.39 Å². The summed E-state index contributed by atoms with van der Waals surface area (Å²) in [5.41, 5.74) is -1.74. The van der Waals surface area contributed by atoms with Gasteiger partial charge in [-0.2, -0.15) is 5.10 Å². The Kier molecular flexibility index (Phi) is 5.16. The zero-order chi connectivity index (χ0) is 27.1. The lowest BCUT2D eigenvalue weighted by Crippen LogP contribution is -2.50. The summed E-state index contributed by atoms with van der Waals surface area (Å²) in [6.45, 7) is 5.04. The second kappa shape index (κ2) is 8.03. The molecule has 0 radical (unpaired) electrons. The molecule has 2 atom stereocenters. The summed E-state index contributed by atoms with van der Waals surface area (Å²) in [5, 5.41) is 10.1. The number of carbonyl (C=O) groups excluding carboxylic acids is 2. The molecule has 2 N–H and O–H groups in total. The molecule has 1 saturated carbocycles. The number of benzene rings is 2. The average molecular weight is 540 g/mol. The fourth-order valence-corrected chi connectivity index (χ4v) is 5.64. The largest absolute Gasteiger partial charge is 0.443 e. The number of rotatable bonds is 2. The summed E-state index contributed by atoms with van der Waals surface area (Å²) < 4.78 is 34.6. The Labute approximate surface area is 220 Å². The summed E-state index contributed by atoms with van der Waals surface area (Å²) in [6, 6.07) is 5.47. The highest BCUT2D eigenvalue weighted by Gasteiger charge is 2.62. The van der Waals surface area contributed by atoms with Gasteiger partial charge in [-0.1, -0.05) is 12.1 Å². The van der Waals surface area contributed by atoms with E-state index in [0.717, 1.165) is 12.1 Å². The van der Waals surface area contributed by atoms with Crippen molar-refractivity contribution in [3.05, 3.63) is 69.6 Å². The second-order valence-electron chi connectivity index (χ2n) is 10.8. The van der Waals surface area contributed by atoms with Crippen molar-refractivity contribution < 1.29 is 23.1 Å². The van der Waals surface area contributed by atoms with E-state index in [-0.39, 0.29) is 33.2 Å². The van der Waals surface area contributed by atoms with Crippen molar-refractivity contribution in [3.63, 3.8) is 0 Å². The molecule has 3 aromatic rings. The summed E-state index contributed by atoms with van der Waals surface area (Å²) in [4.78, 5) is 42.9. The van der Waals surface area contributed by atoms with Crippen LogP contribution >= 0.6 is 12.2 Å². The molecule has 38 heavy (non-hydrogen) atoms. The number of hydrogen-bond acceptors (Lipinski definition) is 6. The van der Waals surface area contributed by atoms with Crippen molar-refractivity contribution in [3.8, 4) is 0 Å². The van der Waals surface area contributed by atoms with E-state index in [2.05, 4.69) is 15.5 Å². The number of carbonyl (C=O) groups is 2. The highest BCUT2D eigenvalue weighted by Crippen LogP contribution is 2.53. The van der Waals surface area contributed by atoms with Crippen molar-refractivity contribution >= 4 is 45.8 Å². The van der Waals surface area contributed by atoms with Crippen LogP contribution in [0.4, 0.5) is 19.3 Å². The van der Waals surface area contributed by atoms with E-state index in [1.54, 1.807) is 20.8 Å². The van der Waals surface area contributed by atoms with E-state index in [1.807, 2.05) is 0 Å². The van der Waals surface area contributed by atoms with Crippen molar-refractivity contribution in [2.75, 3.05) is 4.90 Å². The third-order valence-corrected chi connectivity index (χ3v) is 7.30. The maximum absolute atomic E-state index is 14.9. The summed E-state index contributed by atoms with van der Waals surface area (Å²) in [5.74, 6) is -1.56. The zero-order valence-electron chi connectivity index (χ0n) is 20.7. The van der Waals surface area contributed by atoms with Crippen LogP contribution < -0.4 is 15.8 Å². The molecule has 3 aliphatic rings. The lowest BCUT2D eigenvalue weighted by Gasteiger charge is -2.44. The molecule has 2 aliphatic heterocycles. The molecule has 1 spiro atoms. The second-order valence-corrected chi connectivity index (χ2v) is 11.2. The van der Waals surface area contributed by atoms with E-state index in [0.29, 0.717) is 18.4 Å². The Bertz CT molecular complexity index is 1600. The number of nitrogens with zero attached hydrogens (tertiary/aromatic N) is 3. The number of aromatic nitrogens is 2. The highest BCUT2D eigenvalue weighted by atomic mass is 32.1. The average Bonchev–Trinajstić information content (AvgIpc) is 3.56. The van der Waals surface area contributed by atoms with E-state index < -0.39 is 46.5 Å². The van der Waals surface area contributed by atoms with Gasteiger partial charge in [-0.25, -0.2) is 18.7 Å². The van der Waals surface area contributed by atoms with Crippen LogP contribution in [0.5, 0.6) is 0 Å². The molecule has 3 heterocycles. The van der Waals surface area contributed by atoms with Crippen molar-refractivity contribution in [2.24, 2.45) is 0 Å². The van der Waals surface area contributed by atoms with Crippen LogP contribution in [0.3, 0.4) is 0 Å². The van der Waals surface area contributed by atoms with Gasteiger partial charge in [0.1, 0.15) is 28.8 Å². The Morgan fingerprint density at radius 3 is 2.39 bits per heavy atom. The molecule has 1 aliphatic carbocycles. The fraction of sp³-hybridized carbons (Fsp3) is 0.346. The minimum Gasteiger partial charge on any atom is -0.443 e. The number of anilines is 1. The first kappa shape index (κ1) is 24.4. The van der Waals surface area contributed by atoms with Crippen molar-refractivity contribution in [1.82, 2.24) is 20.4 Å². The van der Waals surface area contributed by atoms with Gasteiger partial charge in [0.05, 0.1) is 22.8 Å². The van der Waals surface area contributed by atoms with Crippen molar-refractivity contribution in [1.29, 1.82) is 0 Å². The Morgan fingerprint density at radius 2 is 1.79 bits per heavy atom. The number of ether oxygens (including phenoxy) is 1. The molecule has 6 rings (SSSR count). The maximum Gasteiger partial charge on any atom is 0.415 e. The van der Waals surface area contributed by atoms with Gasteiger partial charge in [-0.05, 0) is 75.7 Å². The lowest BCUT2D eigenvalue weighted by molar-refractivity contribution is -0.130. The van der Waals surface area contributed by atoms with Gasteiger partial charge in [-0.3, -0.25) is 19.4 Å². The standard InChI is InChI=1S/C26H23F2N5O4S/c1-25(2,3)37-24(36)32-16-11-14(28)10-15-17(16)18(30-31-21(15)34)20(19(32)12-4-6-13(27)7-5-12)33-22(35)26(8-9-26)29-23(33)38/h4-7,10-11,19-20H,8-9H2,1-3H3,(H,29,38)(H,31,34). The molecule has 2 unspecified atom stereocenters. The SMILES string of the molecule is CC(C)(C)OC(=O)N1c2cc(F)cc3c(=O)[nH]nc(c23)C(N2C(=O)C3(CC3)NC2=S)C1c1ccc(F)cc1. The molecule has 196 valence electrons. The normalized spacial score (nSPS) is 21.7. The number of H-pyrrole nitrogens is 1. The molecule has 0 bridgehead atoms. The molecule has 1 saturated heterocycles. The molecule has 12 heteroatoms. The first-order valence-corrected chi connectivity index (χ1v) is 12.5.